The Hall–Kier alpha value is -0.870. The molecule has 4 heteroatoms. The fourth-order valence-corrected chi connectivity index (χ4v) is 1.31. The maximum atomic E-state index is 11.3. The van der Waals surface area contributed by atoms with Crippen molar-refractivity contribution in [2.75, 3.05) is 34.4 Å². The van der Waals surface area contributed by atoms with E-state index in [-0.39, 0.29) is 5.97 Å². The zero-order chi connectivity index (χ0) is 12.6. The summed E-state index contributed by atoms with van der Waals surface area (Å²) in [4.78, 5) is 13.4. The number of methoxy groups -OCH3 is 2. The van der Waals surface area contributed by atoms with Gasteiger partial charge in [0.15, 0.2) is 0 Å². The summed E-state index contributed by atoms with van der Waals surface area (Å²) in [5.41, 5.74) is 0.721. The molecule has 0 rings (SSSR count). The predicted octanol–water partition coefficient (Wildman–Crippen LogP) is 1.46. The molecule has 0 aliphatic carbocycles. The smallest absolute Gasteiger partial charge is 0.333 e. The Labute approximate surface area is 98.2 Å². The van der Waals surface area contributed by atoms with Gasteiger partial charge in [0.2, 0.25) is 0 Å². The van der Waals surface area contributed by atoms with E-state index in [9.17, 15) is 4.79 Å². The molecule has 0 aromatic rings. The van der Waals surface area contributed by atoms with Crippen LogP contribution in [0.4, 0.5) is 0 Å². The minimum Gasteiger partial charge on any atom is -0.466 e. The van der Waals surface area contributed by atoms with E-state index in [4.69, 9.17) is 9.47 Å². The van der Waals surface area contributed by atoms with Crippen molar-refractivity contribution in [1.82, 2.24) is 4.90 Å². The van der Waals surface area contributed by atoms with E-state index in [1.54, 1.807) is 7.11 Å². The normalized spacial score (nSPS) is 14.0. The Morgan fingerprint density at radius 2 is 2.06 bits per heavy atom. The van der Waals surface area contributed by atoms with Crippen LogP contribution in [0.15, 0.2) is 11.6 Å². The molecule has 0 radical (unpaired) electrons. The molecule has 0 aliphatic rings. The first-order valence-electron chi connectivity index (χ1n) is 5.53. The minimum absolute atomic E-state index is 0.240. The number of carbonyl (C=O) groups is 1. The van der Waals surface area contributed by atoms with Gasteiger partial charge in [-0.2, -0.15) is 0 Å². The van der Waals surface area contributed by atoms with Crippen LogP contribution < -0.4 is 0 Å². The second-order valence-electron chi connectivity index (χ2n) is 3.82. The summed E-state index contributed by atoms with van der Waals surface area (Å²) < 4.78 is 9.77. The summed E-state index contributed by atoms with van der Waals surface area (Å²) in [6.45, 7) is 5.44. The number of esters is 1. The van der Waals surface area contributed by atoms with E-state index in [0.29, 0.717) is 19.1 Å². The number of hydrogen-bond donors (Lipinski definition) is 0. The fourth-order valence-electron chi connectivity index (χ4n) is 1.31. The summed E-state index contributed by atoms with van der Waals surface area (Å²) in [7, 11) is 5.10. The molecule has 1 atom stereocenters. The summed E-state index contributed by atoms with van der Waals surface area (Å²) in [6, 6.07) is 0.331. The second-order valence-corrected chi connectivity index (χ2v) is 3.82. The third kappa shape index (κ3) is 5.28. The van der Waals surface area contributed by atoms with Crippen molar-refractivity contribution < 1.29 is 14.3 Å². The van der Waals surface area contributed by atoms with Crippen LogP contribution in [-0.2, 0) is 14.3 Å². The van der Waals surface area contributed by atoms with Crippen molar-refractivity contribution in [2.45, 2.75) is 26.3 Å². The lowest BCUT2D eigenvalue weighted by Crippen LogP contribution is -2.33. The van der Waals surface area contributed by atoms with Crippen LogP contribution in [0.3, 0.4) is 0 Å². The average Bonchev–Trinajstić information content (AvgIpc) is 2.29. The molecule has 0 aliphatic heterocycles. The maximum absolute atomic E-state index is 11.3. The summed E-state index contributed by atoms with van der Waals surface area (Å²) >= 11 is 0. The standard InChI is InChI=1S/C12H23NO3/c1-6-11(12(14)16-5)7-8-13(3)10(2)9-15-4/h7,10H,6,8-9H2,1-5H3. The van der Waals surface area contributed by atoms with Crippen molar-refractivity contribution in [3.05, 3.63) is 11.6 Å². The van der Waals surface area contributed by atoms with Crippen LogP contribution in [-0.4, -0.2) is 51.3 Å². The maximum Gasteiger partial charge on any atom is 0.333 e. The van der Waals surface area contributed by atoms with Gasteiger partial charge in [-0.25, -0.2) is 4.79 Å². The first-order chi connectivity index (χ1) is 7.56. The molecule has 0 spiro atoms. The molecule has 16 heavy (non-hydrogen) atoms. The van der Waals surface area contributed by atoms with Crippen LogP contribution in [0.25, 0.3) is 0 Å². The third-order valence-corrected chi connectivity index (χ3v) is 2.61. The first-order valence-corrected chi connectivity index (χ1v) is 5.53. The van der Waals surface area contributed by atoms with Crippen molar-refractivity contribution in [3.8, 4) is 0 Å². The summed E-state index contributed by atoms with van der Waals surface area (Å²) in [5, 5.41) is 0. The van der Waals surface area contributed by atoms with E-state index in [1.807, 2.05) is 20.0 Å². The molecule has 94 valence electrons. The van der Waals surface area contributed by atoms with Gasteiger partial charge in [0.25, 0.3) is 0 Å². The molecular formula is C12H23NO3. The van der Waals surface area contributed by atoms with Crippen molar-refractivity contribution in [3.63, 3.8) is 0 Å². The minimum atomic E-state index is -0.240. The molecule has 0 fully saturated rings. The highest BCUT2D eigenvalue weighted by atomic mass is 16.5. The molecular weight excluding hydrogens is 206 g/mol. The topological polar surface area (TPSA) is 38.8 Å². The van der Waals surface area contributed by atoms with Crippen LogP contribution in [0, 0.1) is 0 Å². The molecule has 1 unspecified atom stereocenters. The molecule has 0 saturated carbocycles. The average molecular weight is 229 g/mol. The van der Waals surface area contributed by atoms with Gasteiger partial charge in [0.1, 0.15) is 0 Å². The highest BCUT2D eigenvalue weighted by Gasteiger charge is 2.10. The lowest BCUT2D eigenvalue weighted by Gasteiger charge is -2.22. The van der Waals surface area contributed by atoms with Gasteiger partial charge < -0.3 is 9.47 Å². The van der Waals surface area contributed by atoms with Crippen LogP contribution in [0.1, 0.15) is 20.3 Å². The molecule has 0 amide bonds. The number of rotatable bonds is 7. The highest BCUT2D eigenvalue weighted by molar-refractivity contribution is 5.88. The molecule has 0 aromatic heterocycles. The Morgan fingerprint density at radius 1 is 1.44 bits per heavy atom. The SMILES string of the molecule is CCC(=CCN(C)C(C)COC)C(=O)OC. The zero-order valence-electron chi connectivity index (χ0n) is 10.9. The van der Waals surface area contributed by atoms with Gasteiger partial charge in [0, 0.05) is 25.3 Å². The predicted molar refractivity (Wildman–Crippen MR) is 64.4 cm³/mol. The Morgan fingerprint density at radius 3 is 2.50 bits per heavy atom. The van der Waals surface area contributed by atoms with Crippen LogP contribution >= 0.6 is 0 Å². The Balaban J connectivity index is 4.26. The van der Waals surface area contributed by atoms with Gasteiger partial charge in [-0.3, -0.25) is 4.90 Å². The van der Waals surface area contributed by atoms with Gasteiger partial charge >= 0.3 is 5.97 Å². The van der Waals surface area contributed by atoms with Gasteiger partial charge in [-0.15, -0.1) is 0 Å². The van der Waals surface area contributed by atoms with Gasteiger partial charge in [0.05, 0.1) is 13.7 Å². The molecule has 0 heterocycles. The van der Waals surface area contributed by atoms with Crippen molar-refractivity contribution in [1.29, 1.82) is 0 Å². The van der Waals surface area contributed by atoms with Gasteiger partial charge in [-0.05, 0) is 20.4 Å². The molecule has 4 nitrogen and oxygen atoms in total. The lowest BCUT2D eigenvalue weighted by atomic mass is 10.2. The van der Waals surface area contributed by atoms with E-state index < -0.39 is 0 Å². The van der Waals surface area contributed by atoms with Crippen LogP contribution in [0.2, 0.25) is 0 Å². The summed E-state index contributed by atoms with van der Waals surface area (Å²) in [6.07, 6.45) is 2.61. The molecule has 0 aromatic carbocycles. The quantitative estimate of drug-likeness (QED) is 0.489. The first kappa shape index (κ1) is 15.1. The largest absolute Gasteiger partial charge is 0.466 e. The highest BCUT2D eigenvalue weighted by Crippen LogP contribution is 2.04. The van der Waals surface area contributed by atoms with E-state index in [1.165, 1.54) is 7.11 Å². The Kier molecular flexibility index (Phi) is 7.85. The van der Waals surface area contributed by atoms with E-state index in [0.717, 1.165) is 12.1 Å². The van der Waals surface area contributed by atoms with Crippen molar-refractivity contribution >= 4 is 5.97 Å². The molecule has 0 saturated heterocycles. The number of hydrogen-bond acceptors (Lipinski definition) is 4. The van der Waals surface area contributed by atoms with Gasteiger partial charge in [-0.1, -0.05) is 13.0 Å². The van der Waals surface area contributed by atoms with E-state index in [2.05, 4.69) is 11.8 Å². The molecule has 0 bridgehead atoms. The Bertz CT molecular complexity index is 238. The summed E-state index contributed by atoms with van der Waals surface area (Å²) in [5.74, 6) is -0.240. The fraction of sp³-hybridized carbons (Fsp3) is 0.750. The third-order valence-electron chi connectivity index (χ3n) is 2.61. The van der Waals surface area contributed by atoms with Crippen molar-refractivity contribution in [2.24, 2.45) is 0 Å². The monoisotopic (exact) mass is 229 g/mol. The number of nitrogens with zero attached hydrogens (tertiary/aromatic N) is 1. The number of carbonyl (C=O) groups excluding carboxylic acids is 1. The van der Waals surface area contributed by atoms with Crippen LogP contribution in [0.5, 0.6) is 0 Å². The molecule has 0 N–H and O–H groups in total. The number of likely N-dealkylation sites (N-methyl/N-ethyl adjacent to an activating group) is 1. The lowest BCUT2D eigenvalue weighted by molar-refractivity contribution is -0.136. The second kappa shape index (κ2) is 8.30. The number of ether oxygens (including phenoxy) is 2. The van der Waals surface area contributed by atoms with E-state index >= 15 is 0 Å². The zero-order valence-corrected chi connectivity index (χ0v) is 10.9.